The van der Waals surface area contributed by atoms with Crippen molar-refractivity contribution in [1.29, 1.82) is 0 Å². The van der Waals surface area contributed by atoms with Gasteiger partial charge in [-0.15, -0.1) is 0 Å². The van der Waals surface area contributed by atoms with E-state index >= 15 is 0 Å². The third kappa shape index (κ3) is 4.70. The minimum atomic E-state index is -0.543. The summed E-state index contributed by atoms with van der Waals surface area (Å²) in [5, 5.41) is 3.01. The van der Waals surface area contributed by atoms with Gasteiger partial charge in [-0.3, -0.25) is 9.59 Å². The third-order valence-electron chi connectivity index (χ3n) is 6.10. The van der Waals surface area contributed by atoms with Gasteiger partial charge in [0.15, 0.2) is 0 Å². The average Bonchev–Trinajstić information content (AvgIpc) is 3.21. The molecule has 3 aromatic carbocycles. The molecule has 2 amide bonds. The van der Waals surface area contributed by atoms with Crippen molar-refractivity contribution in [2.45, 2.75) is 25.8 Å². The summed E-state index contributed by atoms with van der Waals surface area (Å²) in [6.07, 6.45) is 1.06. The zero-order valence-electron chi connectivity index (χ0n) is 19.1. The number of methoxy groups -OCH3 is 2. The standard InChI is InChI=1S/C27H28N2O4/c1-4-18-5-9-20(10-6-18)28-27(31)24-17-25(30)29(21-11-15-23(33-3)16-12-21)26(24)19-7-13-22(32-2)14-8-19/h5-16,24,26H,4,17H2,1-3H3,(H,28,31)/t24-,26-/m0/s1. The number of carbonyl (C=O) groups is 2. The van der Waals surface area contributed by atoms with E-state index in [-0.39, 0.29) is 18.2 Å². The molecule has 0 radical (unpaired) electrons. The summed E-state index contributed by atoms with van der Waals surface area (Å²) in [6.45, 7) is 2.09. The predicted molar refractivity (Wildman–Crippen MR) is 129 cm³/mol. The van der Waals surface area contributed by atoms with Crippen molar-refractivity contribution in [2.24, 2.45) is 5.92 Å². The minimum Gasteiger partial charge on any atom is -0.497 e. The average molecular weight is 445 g/mol. The number of amides is 2. The van der Waals surface area contributed by atoms with Crippen molar-refractivity contribution >= 4 is 23.2 Å². The van der Waals surface area contributed by atoms with E-state index in [1.54, 1.807) is 19.1 Å². The third-order valence-corrected chi connectivity index (χ3v) is 6.10. The fourth-order valence-corrected chi connectivity index (χ4v) is 4.26. The summed E-state index contributed by atoms with van der Waals surface area (Å²) >= 11 is 0. The molecule has 2 atom stereocenters. The monoisotopic (exact) mass is 444 g/mol. The van der Waals surface area contributed by atoms with Crippen LogP contribution in [-0.4, -0.2) is 26.0 Å². The van der Waals surface area contributed by atoms with Gasteiger partial charge >= 0.3 is 0 Å². The molecular formula is C27H28N2O4. The summed E-state index contributed by atoms with van der Waals surface area (Å²) in [6, 6.07) is 22.2. The first kappa shape index (κ1) is 22.4. The number of ether oxygens (including phenoxy) is 2. The number of hydrogen-bond acceptors (Lipinski definition) is 4. The number of nitrogens with one attached hydrogen (secondary N) is 1. The molecule has 0 unspecified atom stereocenters. The Hall–Kier alpha value is -3.80. The summed E-state index contributed by atoms with van der Waals surface area (Å²) in [5.41, 5.74) is 3.52. The molecule has 0 aromatic heterocycles. The molecular weight excluding hydrogens is 416 g/mol. The van der Waals surface area contributed by atoms with Gasteiger partial charge in [0.2, 0.25) is 11.8 Å². The molecule has 4 rings (SSSR count). The van der Waals surface area contributed by atoms with Crippen LogP contribution in [0.25, 0.3) is 0 Å². The molecule has 1 aliphatic rings. The van der Waals surface area contributed by atoms with Crippen LogP contribution in [0.2, 0.25) is 0 Å². The van der Waals surface area contributed by atoms with E-state index in [4.69, 9.17) is 9.47 Å². The van der Waals surface area contributed by atoms with E-state index in [0.29, 0.717) is 5.75 Å². The van der Waals surface area contributed by atoms with Crippen LogP contribution in [-0.2, 0) is 16.0 Å². The number of carbonyl (C=O) groups excluding carboxylic acids is 2. The van der Waals surface area contributed by atoms with E-state index in [1.807, 2.05) is 72.8 Å². The van der Waals surface area contributed by atoms with Crippen LogP contribution in [0.3, 0.4) is 0 Å². The molecule has 1 heterocycles. The van der Waals surface area contributed by atoms with Gasteiger partial charge in [0.05, 0.1) is 26.2 Å². The highest BCUT2D eigenvalue weighted by Crippen LogP contribution is 2.42. The van der Waals surface area contributed by atoms with Gasteiger partial charge in [0.1, 0.15) is 11.5 Å². The predicted octanol–water partition coefficient (Wildman–Crippen LogP) is 5.00. The molecule has 6 heteroatoms. The van der Waals surface area contributed by atoms with Gasteiger partial charge in [-0.2, -0.15) is 0 Å². The Labute approximate surface area is 194 Å². The van der Waals surface area contributed by atoms with Crippen molar-refractivity contribution in [2.75, 3.05) is 24.4 Å². The smallest absolute Gasteiger partial charge is 0.230 e. The van der Waals surface area contributed by atoms with Crippen LogP contribution in [0, 0.1) is 5.92 Å². The van der Waals surface area contributed by atoms with Crippen molar-refractivity contribution < 1.29 is 19.1 Å². The maximum Gasteiger partial charge on any atom is 0.230 e. The molecule has 1 N–H and O–H groups in total. The Kier molecular flexibility index (Phi) is 6.63. The Balaban J connectivity index is 1.67. The second-order valence-corrected chi connectivity index (χ2v) is 8.03. The van der Waals surface area contributed by atoms with Crippen molar-refractivity contribution in [3.63, 3.8) is 0 Å². The fraction of sp³-hybridized carbons (Fsp3) is 0.259. The maximum atomic E-state index is 13.4. The van der Waals surface area contributed by atoms with Gasteiger partial charge in [-0.05, 0) is 66.1 Å². The van der Waals surface area contributed by atoms with E-state index in [9.17, 15) is 9.59 Å². The lowest BCUT2D eigenvalue weighted by molar-refractivity contribution is -0.122. The lowest BCUT2D eigenvalue weighted by Crippen LogP contribution is -2.32. The van der Waals surface area contributed by atoms with Crippen molar-refractivity contribution in [3.8, 4) is 11.5 Å². The lowest BCUT2D eigenvalue weighted by atomic mass is 9.92. The molecule has 1 fully saturated rings. The molecule has 6 nitrogen and oxygen atoms in total. The zero-order valence-corrected chi connectivity index (χ0v) is 19.1. The number of rotatable bonds is 7. The van der Waals surface area contributed by atoms with Crippen molar-refractivity contribution in [1.82, 2.24) is 0 Å². The van der Waals surface area contributed by atoms with E-state index in [1.165, 1.54) is 5.56 Å². The minimum absolute atomic E-state index is 0.0949. The summed E-state index contributed by atoms with van der Waals surface area (Å²) in [7, 11) is 3.21. The molecule has 0 bridgehead atoms. The normalized spacial score (nSPS) is 17.7. The van der Waals surface area contributed by atoms with E-state index < -0.39 is 12.0 Å². The Morgan fingerprint density at radius 1 is 0.909 bits per heavy atom. The molecule has 33 heavy (non-hydrogen) atoms. The van der Waals surface area contributed by atoms with Crippen LogP contribution < -0.4 is 19.7 Å². The highest BCUT2D eigenvalue weighted by Gasteiger charge is 2.45. The number of anilines is 2. The lowest BCUT2D eigenvalue weighted by Gasteiger charge is -2.28. The molecule has 1 aliphatic heterocycles. The molecule has 0 spiro atoms. The first-order valence-corrected chi connectivity index (χ1v) is 11.0. The zero-order chi connectivity index (χ0) is 23.4. The molecule has 0 saturated carbocycles. The second-order valence-electron chi connectivity index (χ2n) is 8.03. The summed E-state index contributed by atoms with van der Waals surface area (Å²) in [4.78, 5) is 28.3. The van der Waals surface area contributed by atoms with Crippen LogP contribution >= 0.6 is 0 Å². The summed E-state index contributed by atoms with van der Waals surface area (Å²) in [5.74, 6) is 0.609. The SMILES string of the molecule is CCc1ccc(NC(=O)[C@H]2CC(=O)N(c3ccc(OC)cc3)[C@H]2c2ccc(OC)cc2)cc1. The topological polar surface area (TPSA) is 67.9 Å². The highest BCUT2D eigenvalue weighted by atomic mass is 16.5. The van der Waals surface area contributed by atoms with Gasteiger partial charge in [-0.25, -0.2) is 0 Å². The van der Waals surface area contributed by atoms with Crippen LogP contribution in [0.5, 0.6) is 11.5 Å². The number of nitrogens with zero attached hydrogens (tertiary/aromatic N) is 1. The number of benzene rings is 3. The Morgan fingerprint density at radius 2 is 1.48 bits per heavy atom. The Morgan fingerprint density at radius 3 is 2.03 bits per heavy atom. The number of hydrogen-bond donors (Lipinski definition) is 1. The van der Waals surface area contributed by atoms with Gasteiger partial charge in [-0.1, -0.05) is 31.2 Å². The maximum absolute atomic E-state index is 13.4. The van der Waals surface area contributed by atoms with Crippen LogP contribution in [0.4, 0.5) is 11.4 Å². The summed E-state index contributed by atoms with van der Waals surface area (Å²) < 4.78 is 10.5. The largest absolute Gasteiger partial charge is 0.497 e. The fourth-order valence-electron chi connectivity index (χ4n) is 4.26. The number of aryl methyl sites for hydroxylation is 1. The second kappa shape index (κ2) is 9.77. The highest BCUT2D eigenvalue weighted by molar-refractivity contribution is 6.04. The quantitative estimate of drug-likeness (QED) is 0.557. The van der Waals surface area contributed by atoms with Crippen molar-refractivity contribution in [3.05, 3.63) is 83.9 Å². The van der Waals surface area contributed by atoms with E-state index in [0.717, 1.165) is 29.1 Å². The van der Waals surface area contributed by atoms with E-state index in [2.05, 4.69) is 12.2 Å². The molecule has 3 aromatic rings. The van der Waals surface area contributed by atoms with Gasteiger partial charge in [0.25, 0.3) is 0 Å². The molecule has 170 valence electrons. The Bertz CT molecular complexity index is 1110. The van der Waals surface area contributed by atoms with Gasteiger partial charge < -0.3 is 19.7 Å². The molecule has 1 saturated heterocycles. The molecule has 0 aliphatic carbocycles. The van der Waals surface area contributed by atoms with Crippen LogP contribution in [0.1, 0.15) is 30.5 Å². The first-order valence-electron chi connectivity index (χ1n) is 11.0. The van der Waals surface area contributed by atoms with Crippen LogP contribution in [0.15, 0.2) is 72.8 Å². The van der Waals surface area contributed by atoms with Gasteiger partial charge in [0, 0.05) is 17.8 Å². The first-order chi connectivity index (χ1) is 16.0.